The molecule has 0 aliphatic heterocycles. The maximum absolute atomic E-state index is 11.0. The van der Waals surface area contributed by atoms with Crippen LogP contribution in [0.2, 0.25) is 0 Å². The van der Waals surface area contributed by atoms with E-state index in [0.29, 0.717) is 5.92 Å². The van der Waals surface area contributed by atoms with Crippen LogP contribution in [-0.4, -0.2) is 33.0 Å². The standard InChI is InChI=1S/C10H21NO2S/c1-8(10-4-5-10)6-11-9(2)7-14(3,12)13/h8-11H,4-7H2,1-3H3. The molecule has 1 rings (SSSR count). The van der Waals surface area contributed by atoms with Gasteiger partial charge in [-0.15, -0.1) is 0 Å². The molecule has 0 radical (unpaired) electrons. The van der Waals surface area contributed by atoms with E-state index in [0.717, 1.165) is 12.5 Å². The Morgan fingerprint density at radius 2 is 1.93 bits per heavy atom. The SMILES string of the molecule is CC(CS(C)(=O)=O)NCC(C)C1CC1. The predicted octanol–water partition coefficient (Wildman–Crippen LogP) is 1.06. The van der Waals surface area contributed by atoms with Gasteiger partial charge in [0.15, 0.2) is 0 Å². The van der Waals surface area contributed by atoms with Crippen molar-refractivity contribution in [2.75, 3.05) is 18.6 Å². The molecule has 0 bridgehead atoms. The van der Waals surface area contributed by atoms with Crippen molar-refractivity contribution in [3.63, 3.8) is 0 Å². The molecule has 84 valence electrons. The van der Waals surface area contributed by atoms with Crippen LogP contribution in [-0.2, 0) is 9.84 Å². The minimum atomic E-state index is -2.84. The lowest BCUT2D eigenvalue weighted by Crippen LogP contribution is -2.35. The van der Waals surface area contributed by atoms with E-state index in [2.05, 4.69) is 12.2 Å². The smallest absolute Gasteiger partial charge is 0.148 e. The number of hydrogen-bond acceptors (Lipinski definition) is 3. The summed E-state index contributed by atoms with van der Waals surface area (Å²) in [6.45, 7) is 5.11. The summed E-state index contributed by atoms with van der Waals surface area (Å²) in [6.07, 6.45) is 3.99. The van der Waals surface area contributed by atoms with Gasteiger partial charge in [-0.1, -0.05) is 6.92 Å². The quantitative estimate of drug-likeness (QED) is 0.726. The molecule has 0 amide bonds. The van der Waals surface area contributed by atoms with Crippen LogP contribution in [0, 0.1) is 11.8 Å². The van der Waals surface area contributed by atoms with Gasteiger partial charge in [0.25, 0.3) is 0 Å². The summed E-state index contributed by atoms with van der Waals surface area (Å²) in [5.74, 6) is 1.81. The minimum Gasteiger partial charge on any atom is -0.313 e. The van der Waals surface area contributed by atoms with Gasteiger partial charge in [-0.2, -0.15) is 0 Å². The largest absolute Gasteiger partial charge is 0.313 e. The van der Waals surface area contributed by atoms with E-state index in [1.54, 1.807) is 0 Å². The van der Waals surface area contributed by atoms with Gasteiger partial charge in [-0.3, -0.25) is 0 Å². The Kier molecular flexibility index (Phi) is 3.95. The van der Waals surface area contributed by atoms with E-state index in [9.17, 15) is 8.42 Å². The summed E-state index contributed by atoms with van der Waals surface area (Å²) >= 11 is 0. The van der Waals surface area contributed by atoms with Crippen LogP contribution in [0.1, 0.15) is 26.7 Å². The molecule has 4 heteroatoms. The Labute approximate surface area is 87.2 Å². The third kappa shape index (κ3) is 4.96. The summed E-state index contributed by atoms with van der Waals surface area (Å²) in [5.41, 5.74) is 0. The highest BCUT2D eigenvalue weighted by molar-refractivity contribution is 7.90. The third-order valence-electron chi connectivity index (χ3n) is 2.77. The van der Waals surface area contributed by atoms with Gasteiger partial charge in [-0.05, 0) is 38.1 Å². The molecular weight excluding hydrogens is 198 g/mol. The van der Waals surface area contributed by atoms with Crippen LogP contribution in [0.5, 0.6) is 0 Å². The second-order valence-corrected chi connectivity index (χ2v) is 6.90. The molecule has 1 aliphatic carbocycles. The van der Waals surface area contributed by atoms with Crippen molar-refractivity contribution in [3.05, 3.63) is 0 Å². The van der Waals surface area contributed by atoms with E-state index in [1.165, 1.54) is 19.1 Å². The molecule has 2 unspecified atom stereocenters. The van der Waals surface area contributed by atoms with Crippen LogP contribution in [0.25, 0.3) is 0 Å². The van der Waals surface area contributed by atoms with Crippen molar-refractivity contribution in [2.45, 2.75) is 32.7 Å². The first kappa shape index (κ1) is 12.0. The molecule has 3 nitrogen and oxygen atoms in total. The first-order valence-electron chi connectivity index (χ1n) is 5.29. The van der Waals surface area contributed by atoms with Gasteiger partial charge in [0.05, 0.1) is 5.75 Å². The van der Waals surface area contributed by atoms with Crippen LogP contribution in [0.3, 0.4) is 0 Å². The molecular formula is C10H21NO2S. The Bertz CT molecular complexity index is 270. The van der Waals surface area contributed by atoms with Crippen LogP contribution in [0.15, 0.2) is 0 Å². The average molecular weight is 219 g/mol. The Morgan fingerprint density at radius 1 is 1.36 bits per heavy atom. The first-order chi connectivity index (χ1) is 6.38. The molecule has 2 atom stereocenters. The lowest BCUT2D eigenvalue weighted by Gasteiger charge is -2.16. The molecule has 1 saturated carbocycles. The molecule has 1 aliphatic rings. The average Bonchev–Trinajstić information content (AvgIpc) is 2.78. The molecule has 1 fully saturated rings. The van der Waals surface area contributed by atoms with Crippen molar-refractivity contribution < 1.29 is 8.42 Å². The van der Waals surface area contributed by atoms with Crippen molar-refractivity contribution in [1.82, 2.24) is 5.32 Å². The summed E-state index contributed by atoms with van der Waals surface area (Å²) in [6, 6.07) is 0.0752. The summed E-state index contributed by atoms with van der Waals surface area (Å²) < 4.78 is 22.0. The minimum absolute atomic E-state index is 0.0752. The van der Waals surface area contributed by atoms with E-state index in [4.69, 9.17) is 0 Å². The topological polar surface area (TPSA) is 46.2 Å². The van der Waals surface area contributed by atoms with Gasteiger partial charge < -0.3 is 5.32 Å². The highest BCUT2D eigenvalue weighted by Gasteiger charge is 2.27. The fourth-order valence-corrected chi connectivity index (χ4v) is 2.76. The Morgan fingerprint density at radius 3 is 2.36 bits per heavy atom. The van der Waals surface area contributed by atoms with Crippen LogP contribution in [0.4, 0.5) is 0 Å². The fraction of sp³-hybridized carbons (Fsp3) is 1.00. The monoisotopic (exact) mass is 219 g/mol. The number of rotatable bonds is 6. The van der Waals surface area contributed by atoms with Gasteiger partial charge in [-0.25, -0.2) is 8.42 Å². The predicted molar refractivity (Wildman–Crippen MR) is 59.1 cm³/mol. The highest BCUT2D eigenvalue weighted by atomic mass is 32.2. The normalized spacial score (nSPS) is 21.9. The van der Waals surface area contributed by atoms with Gasteiger partial charge in [0.2, 0.25) is 0 Å². The van der Waals surface area contributed by atoms with Crippen LogP contribution >= 0.6 is 0 Å². The summed E-state index contributed by atoms with van der Waals surface area (Å²) in [5, 5.41) is 3.28. The Balaban J connectivity index is 2.16. The molecule has 0 aromatic heterocycles. The molecule has 1 N–H and O–H groups in total. The van der Waals surface area contributed by atoms with Gasteiger partial charge >= 0.3 is 0 Å². The maximum Gasteiger partial charge on any atom is 0.148 e. The maximum atomic E-state index is 11.0. The third-order valence-corrected chi connectivity index (χ3v) is 3.87. The van der Waals surface area contributed by atoms with Gasteiger partial charge in [0.1, 0.15) is 9.84 Å². The van der Waals surface area contributed by atoms with E-state index in [1.807, 2.05) is 6.92 Å². The number of hydrogen-bond donors (Lipinski definition) is 1. The summed E-state index contributed by atoms with van der Waals surface area (Å²) in [7, 11) is -2.84. The number of nitrogens with one attached hydrogen (secondary N) is 1. The lowest BCUT2D eigenvalue weighted by atomic mass is 10.1. The van der Waals surface area contributed by atoms with Crippen molar-refractivity contribution in [3.8, 4) is 0 Å². The zero-order valence-electron chi connectivity index (χ0n) is 9.29. The van der Waals surface area contributed by atoms with E-state index < -0.39 is 9.84 Å². The highest BCUT2D eigenvalue weighted by Crippen LogP contribution is 2.36. The second kappa shape index (κ2) is 4.62. The van der Waals surface area contributed by atoms with Crippen molar-refractivity contribution in [2.24, 2.45) is 11.8 Å². The zero-order chi connectivity index (χ0) is 10.8. The number of sulfone groups is 1. The van der Waals surface area contributed by atoms with E-state index in [-0.39, 0.29) is 11.8 Å². The Hall–Kier alpha value is -0.0900. The zero-order valence-corrected chi connectivity index (χ0v) is 10.1. The summed E-state index contributed by atoms with van der Waals surface area (Å²) in [4.78, 5) is 0. The molecule has 0 aromatic rings. The lowest BCUT2D eigenvalue weighted by molar-refractivity contribution is 0.437. The van der Waals surface area contributed by atoms with Crippen molar-refractivity contribution >= 4 is 9.84 Å². The second-order valence-electron chi connectivity index (χ2n) is 4.72. The molecule has 14 heavy (non-hydrogen) atoms. The van der Waals surface area contributed by atoms with E-state index >= 15 is 0 Å². The molecule has 0 aromatic carbocycles. The van der Waals surface area contributed by atoms with Crippen LogP contribution < -0.4 is 5.32 Å². The fourth-order valence-electron chi connectivity index (χ4n) is 1.73. The van der Waals surface area contributed by atoms with Crippen molar-refractivity contribution in [1.29, 1.82) is 0 Å². The molecule has 0 saturated heterocycles. The first-order valence-corrected chi connectivity index (χ1v) is 7.35. The van der Waals surface area contributed by atoms with Gasteiger partial charge in [0, 0.05) is 12.3 Å². The molecule has 0 spiro atoms. The molecule has 0 heterocycles.